The Balaban J connectivity index is 0.903. The summed E-state index contributed by atoms with van der Waals surface area (Å²) in [6, 6.07) is 89.5. The van der Waals surface area contributed by atoms with Crippen LogP contribution in [-0.4, -0.2) is 0 Å². The largest absolute Gasteiger partial charge is 0.310 e. The van der Waals surface area contributed by atoms with E-state index < -0.39 is 0 Å². The van der Waals surface area contributed by atoms with Gasteiger partial charge in [0.1, 0.15) is 0 Å². The Morgan fingerprint density at radius 2 is 0.600 bits per heavy atom. The van der Waals surface area contributed by atoms with Gasteiger partial charge in [0, 0.05) is 33.5 Å². The van der Waals surface area contributed by atoms with Crippen molar-refractivity contribution in [1.82, 2.24) is 0 Å². The molecule has 2 fully saturated rings. The van der Waals surface area contributed by atoms with Gasteiger partial charge in [-0.05, 0) is 194 Å². The van der Waals surface area contributed by atoms with Gasteiger partial charge < -0.3 is 9.80 Å². The van der Waals surface area contributed by atoms with Crippen molar-refractivity contribution in [3.05, 3.63) is 309 Å². The smallest absolute Gasteiger partial charge is 0.0540 e. The lowest BCUT2D eigenvalue weighted by Gasteiger charge is -2.30. The van der Waals surface area contributed by atoms with Crippen molar-refractivity contribution >= 4 is 80.3 Å². The topological polar surface area (TPSA) is 6.48 Å². The van der Waals surface area contributed by atoms with Crippen molar-refractivity contribution in [2.45, 2.75) is 78.1 Å². The molecule has 10 aromatic rings. The van der Waals surface area contributed by atoms with Crippen LogP contribution in [0.5, 0.6) is 0 Å². The van der Waals surface area contributed by atoms with Gasteiger partial charge in [0.2, 0.25) is 0 Å². The number of benzene rings is 10. The maximum Gasteiger partial charge on any atom is 0.0540 e. The van der Waals surface area contributed by atoms with Crippen LogP contribution in [0.2, 0.25) is 0 Å². The van der Waals surface area contributed by atoms with Gasteiger partial charge in [0.15, 0.2) is 0 Å². The van der Waals surface area contributed by atoms with Gasteiger partial charge in [-0.2, -0.15) is 0 Å². The molecule has 2 heteroatoms. The molecule has 0 unspecified atom stereocenters. The number of rotatable bonds is 14. The number of aryl methyl sites for hydroxylation is 2. The molecule has 0 atom stereocenters. The number of allylic oxidation sites excluding steroid dienone is 2. The lowest BCUT2D eigenvalue weighted by molar-refractivity contribution is 0.602. The number of hydrogen-bond donors (Lipinski definition) is 0. The Morgan fingerprint density at radius 1 is 0.287 bits per heavy atom. The first-order chi connectivity index (χ1) is 39.5. The Morgan fingerprint density at radius 3 is 0.950 bits per heavy atom. The van der Waals surface area contributed by atoms with Crippen LogP contribution in [0.15, 0.2) is 254 Å². The van der Waals surface area contributed by atoms with Gasteiger partial charge >= 0.3 is 0 Å². The van der Waals surface area contributed by atoms with E-state index in [9.17, 15) is 0 Å². The van der Waals surface area contributed by atoms with Crippen molar-refractivity contribution < 1.29 is 0 Å². The van der Waals surface area contributed by atoms with Crippen LogP contribution in [0.3, 0.4) is 0 Å². The van der Waals surface area contributed by atoms with E-state index in [-0.39, 0.29) is 0 Å². The number of fused-ring (bicyclic) bond motifs is 1. The third-order valence-electron chi connectivity index (χ3n) is 16.2. The first-order valence-corrected chi connectivity index (χ1v) is 29.1. The zero-order chi connectivity index (χ0) is 54.0. The summed E-state index contributed by atoms with van der Waals surface area (Å²) in [6.45, 7) is 4.29. The van der Waals surface area contributed by atoms with E-state index in [1.165, 1.54) is 120 Å². The van der Waals surface area contributed by atoms with Crippen molar-refractivity contribution in [3.8, 4) is 0 Å². The van der Waals surface area contributed by atoms with E-state index >= 15 is 0 Å². The zero-order valence-corrected chi connectivity index (χ0v) is 46.4. The normalized spacial score (nSPS) is 13.3. The summed E-state index contributed by atoms with van der Waals surface area (Å²) in [7, 11) is 0. The predicted octanol–water partition coefficient (Wildman–Crippen LogP) is 22.3. The lowest BCUT2D eigenvalue weighted by Crippen LogP contribution is -2.12. The third kappa shape index (κ3) is 12.0. The molecule has 0 spiro atoms. The summed E-state index contributed by atoms with van der Waals surface area (Å²) < 4.78 is 0. The van der Waals surface area contributed by atoms with Crippen molar-refractivity contribution in [2.24, 2.45) is 0 Å². The van der Waals surface area contributed by atoms with Gasteiger partial charge in [-0.15, -0.1) is 0 Å². The third-order valence-corrected chi connectivity index (χ3v) is 16.2. The molecule has 12 rings (SSSR count). The number of hydrogen-bond acceptors (Lipinski definition) is 2. The van der Waals surface area contributed by atoms with Crippen LogP contribution in [0.1, 0.15) is 120 Å². The molecule has 2 aliphatic rings. The average molecular weight is 1040 g/mol. The second-order valence-electron chi connectivity index (χ2n) is 22.0. The molecule has 0 bridgehead atoms. The summed E-state index contributed by atoms with van der Waals surface area (Å²) in [5.41, 5.74) is 24.4. The van der Waals surface area contributed by atoms with E-state index in [0.29, 0.717) is 0 Å². The Bertz CT molecular complexity index is 3690. The SMILES string of the molecule is Cc1ccc(C(=Cc2ccc(N(c3ccccc3)c3cccc4c(N(c5ccccc5)c5ccc(C=C(c6ccc(C=C7CCCCC7)cc6)c6ccc(C=C7CCCCC7)cc6)cc5)cccc34)cc2)c2ccc(C)cc2)cc1. The average Bonchev–Trinajstić information content (AvgIpc) is 3.57. The van der Waals surface area contributed by atoms with Crippen molar-refractivity contribution in [1.29, 1.82) is 0 Å². The second kappa shape index (κ2) is 24.4. The summed E-state index contributed by atoms with van der Waals surface area (Å²) >= 11 is 0. The molecule has 0 aromatic heterocycles. The molecule has 2 nitrogen and oxygen atoms in total. The van der Waals surface area contributed by atoms with Crippen LogP contribution >= 0.6 is 0 Å². The monoisotopic (exact) mass is 1030 g/mol. The minimum Gasteiger partial charge on any atom is -0.310 e. The van der Waals surface area contributed by atoms with Crippen molar-refractivity contribution in [3.63, 3.8) is 0 Å². The molecule has 2 saturated carbocycles. The van der Waals surface area contributed by atoms with Gasteiger partial charge in [-0.3, -0.25) is 0 Å². The van der Waals surface area contributed by atoms with E-state index in [4.69, 9.17) is 0 Å². The second-order valence-corrected chi connectivity index (χ2v) is 22.0. The lowest BCUT2D eigenvalue weighted by atomic mass is 9.91. The van der Waals surface area contributed by atoms with E-state index in [1.54, 1.807) is 11.1 Å². The summed E-state index contributed by atoms with van der Waals surface area (Å²) in [6.07, 6.45) is 22.4. The van der Waals surface area contributed by atoms with E-state index in [2.05, 4.69) is 291 Å². The molecule has 0 aliphatic heterocycles. The maximum atomic E-state index is 2.43. The molecule has 0 saturated heterocycles. The van der Waals surface area contributed by atoms with Gasteiger partial charge in [0.05, 0.1) is 11.4 Å². The Hall–Kier alpha value is -8.98. The molecule has 0 radical (unpaired) electrons. The highest BCUT2D eigenvalue weighted by molar-refractivity contribution is 6.07. The van der Waals surface area contributed by atoms with Crippen molar-refractivity contribution in [2.75, 3.05) is 9.80 Å². The number of anilines is 6. The van der Waals surface area contributed by atoms with Crippen LogP contribution in [0, 0.1) is 13.8 Å². The zero-order valence-electron chi connectivity index (χ0n) is 46.4. The maximum absolute atomic E-state index is 2.43. The highest BCUT2D eigenvalue weighted by atomic mass is 15.2. The molecular weight excluding hydrogens is 965 g/mol. The highest BCUT2D eigenvalue weighted by Gasteiger charge is 2.21. The molecule has 2 aliphatic carbocycles. The molecule has 80 heavy (non-hydrogen) atoms. The van der Waals surface area contributed by atoms with Crippen LogP contribution < -0.4 is 9.80 Å². The fraction of sp³-hybridized carbons (Fsp3) is 0.154. The van der Waals surface area contributed by atoms with Crippen LogP contribution in [-0.2, 0) is 0 Å². The molecule has 0 N–H and O–H groups in total. The Kier molecular flexibility index (Phi) is 15.8. The quantitative estimate of drug-likeness (QED) is 0.100. The molecular formula is C78H70N2. The van der Waals surface area contributed by atoms with Crippen LogP contribution in [0.25, 0.3) is 46.2 Å². The van der Waals surface area contributed by atoms with Gasteiger partial charge in [-0.1, -0.05) is 229 Å². The minimum absolute atomic E-state index is 1.09. The molecule has 10 aromatic carbocycles. The number of nitrogens with zero attached hydrogens (tertiary/aromatic N) is 2. The standard InChI is InChI=1S/C78H70N2/c1-57-29-41-65(42-30-57)75(66-43-31-58(2)32-44-66)55-63-37-49-71(50-38-63)79(69-21-11-5-12-22-69)77-27-15-26-74-73(77)25-16-28-78(74)80(70-23-13-6-14-24-70)72-51-39-64(40-52-72)56-76(67-45-33-61(34-46-67)53-59-17-7-3-8-18-59)68-47-35-62(36-48-68)54-60-19-9-4-10-20-60/h5-6,11-16,21-56H,3-4,7-10,17-20H2,1-2H3. The molecule has 392 valence electrons. The van der Waals surface area contributed by atoms with E-state index in [0.717, 1.165) is 56.0 Å². The predicted molar refractivity (Wildman–Crippen MR) is 345 cm³/mol. The minimum atomic E-state index is 1.09. The summed E-state index contributed by atoms with van der Waals surface area (Å²) in [5, 5.41) is 2.32. The van der Waals surface area contributed by atoms with Crippen LogP contribution in [0.4, 0.5) is 34.1 Å². The van der Waals surface area contributed by atoms with E-state index in [1.807, 2.05) is 0 Å². The fourth-order valence-electron chi connectivity index (χ4n) is 11.9. The highest BCUT2D eigenvalue weighted by Crippen LogP contribution is 2.45. The number of para-hydroxylation sites is 2. The summed E-state index contributed by atoms with van der Waals surface area (Å²) in [5.74, 6) is 0. The first-order valence-electron chi connectivity index (χ1n) is 29.1. The van der Waals surface area contributed by atoms with Gasteiger partial charge in [-0.25, -0.2) is 0 Å². The Labute approximate surface area is 475 Å². The fourth-order valence-corrected chi connectivity index (χ4v) is 11.9. The van der Waals surface area contributed by atoms with Gasteiger partial charge in [0.25, 0.3) is 0 Å². The molecule has 0 heterocycles. The summed E-state index contributed by atoms with van der Waals surface area (Å²) in [4.78, 5) is 4.81. The first kappa shape index (κ1) is 51.8. The molecule has 0 amide bonds.